The Bertz CT molecular complexity index is 213. The number of nitrogens with zero attached hydrogens (tertiary/aromatic N) is 2. The zero-order valence-electron chi connectivity index (χ0n) is 12.6. The standard InChI is InChI=1S/C9H16FIN2O.2C2H6/c1-8(10)9(12(2)11)7-13-3-5-14-6-4-13;2*1-2/h3-7H2,1-2H3;2*1-2H3/b9-8+;;. The molecule has 0 aliphatic carbocycles. The van der Waals surface area contributed by atoms with Crippen LogP contribution in [0, 0.1) is 0 Å². The molecule has 0 atom stereocenters. The lowest BCUT2D eigenvalue weighted by atomic mass is 10.3. The summed E-state index contributed by atoms with van der Waals surface area (Å²) >= 11 is 2.09. The molecule has 5 heteroatoms. The van der Waals surface area contributed by atoms with Crippen molar-refractivity contribution in [3.63, 3.8) is 0 Å². The third-order valence-electron chi connectivity index (χ3n) is 2.25. The predicted molar refractivity (Wildman–Crippen MR) is 85.5 cm³/mol. The van der Waals surface area contributed by atoms with E-state index in [9.17, 15) is 4.39 Å². The quantitative estimate of drug-likeness (QED) is 0.551. The smallest absolute Gasteiger partial charge is 0.118 e. The van der Waals surface area contributed by atoms with Gasteiger partial charge in [0.15, 0.2) is 0 Å². The number of likely N-dealkylation sites (N-methyl/N-ethyl adjacent to an activating group) is 1. The average Bonchev–Trinajstić information content (AvgIpc) is 2.41. The maximum absolute atomic E-state index is 13.1. The molecule has 1 heterocycles. The minimum Gasteiger partial charge on any atom is -0.379 e. The van der Waals surface area contributed by atoms with Crippen molar-refractivity contribution in [2.45, 2.75) is 34.6 Å². The van der Waals surface area contributed by atoms with Gasteiger partial charge in [-0.2, -0.15) is 0 Å². The molecule has 0 aromatic heterocycles. The molecule has 1 fully saturated rings. The van der Waals surface area contributed by atoms with Crippen LogP contribution >= 0.6 is 22.9 Å². The molecular weight excluding hydrogens is 346 g/mol. The van der Waals surface area contributed by atoms with Gasteiger partial charge in [0.05, 0.1) is 41.8 Å². The third kappa shape index (κ3) is 9.10. The largest absolute Gasteiger partial charge is 0.379 e. The van der Waals surface area contributed by atoms with Crippen LogP contribution in [0.3, 0.4) is 0 Å². The average molecular weight is 374 g/mol. The van der Waals surface area contributed by atoms with Crippen LogP contribution in [0.4, 0.5) is 4.39 Å². The maximum atomic E-state index is 13.1. The molecule has 1 aliphatic heterocycles. The number of halogens is 2. The molecule has 0 N–H and O–H groups in total. The fourth-order valence-corrected chi connectivity index (χ4v) is 1.87. The number of hydrogen-bond donors (Lipinski definition) is 0. The van der Waals surface area contributed by atoms with Gasteiger partial charge >= 0.3 is 0 Å². The second-order valence-corrected chi connectivity index (χ2v) is 4.79. The van der Waals surface area contributed by atoms with Crippen LogP contribution in [0.25, 0.3) is 0 Å². The van der Waals surface area contributed by atoms with Crippen molar-refractivity contribution in [1.82, 2.24) is 8.01 Å². The predicted octanol–water partition coefficient (Wildman–Crippen LogP) is 3.85. The van der Waals surface area contributed by atoms with Crippen molar-refractivity contribution in [1.29, 1.82) is 0 Å². The van der Waals surface area contributed by atoms with Crippen LogP contribution in [0.15, 0.2) is 11.5 Å². The third-order valence-corrected chi connectivity index (χ3v) is 2.83. The van der Waals surface area contributed by atoms with Crippen molar-refractivity contribution >= 4 is 22.9 Å². The second-order valence-electron chi connectivity index (χ2n) is 3.35. The van der Waals surface area contributed by atoms with Gasteiger partial charge in [0, 0.05) is 26.7 Å². The van der Waals surface area contributed by atoms with Gasteiger partial charge in [0.25, 0.3) is 0 Å². The summed E-state index contributed by atoms with van der Waals surface area (Å²) in [5.74, 6) is -0.103. The summed E-state index contributed by atoms with van der Waals surface area (Å²) in [6.07, 6.45) is 0. The Morgan fingerprint density at radius 1 is 1.22 bits per heavy atom. The van der Waals surface area contributed by atoms with Gasteiger partial charge in [-0.3, -0.25) is 4.90 Å². The molecule has 0 bridgehead atoms. The van der Waals surface area contributed by atoms with E-state index in [1.54, 1.807) is 0 Å². The molecular formula is C13H28FIN2O. The summed E-state index contributed by atoms with van der Waals surface area (Å²) in [4.78, 5) is 2.21. The van der Waals surface area contributed by atoms with E-state index in [-0.39, 0.29) is 5.83 Å². The van der Waals surface area contributed by atoms with E-state index >= 15 is 0 Å². The summed E-state index contributed by atoms with van der Waals surface area (Å²) in [7, 11) is 1.86. The monoisotopic (exact) mass is 374 g/mol. The van der Waals surface area contributed by atoms with Crippen molar-refractivity contribution in [3.8, 4) is 0 Å². The van der Waals surface area contributed by atoms with E-state index in [4.69, 9.17) is 4.74 Å². The number of morpholine rings is 1. The first-order chi connectivity index (χ1) is 8.61. The van der Waals surface area contributed by atoms with E-state index in [0.717, 1.165) is 32.0 Å². The van der Waals surface area contributed by atoms with Gasteiger partial charge in [0.1, 0.15) is 5.83 Å². The number of rotatable bonds is 3. The first kappa shape index (κ1) is 20.4. The first-order valence-corrected chi connectivity index (χ1v) is 7.62. The van der Waals surface area contributed by atoms with E-state index in [1.165, 1.54) is 6.92 Å². The SMILES string of the molecule is C/C(F)=C(/CN1CCOCC1)N(C)I.CC.CC. The summed E-state index contributed by atoms with van der Waals surface area (Å²) in [5.41, 5.74) is 0.743. The second kappa shape index (κ2) is 13.5. The lowest BCUT2D eigenvalue weighted by molar-refractivity contribution is 0.0407. The lowest BCUT2D eigenvalue weighted by Crippen LogP contribution is -2.38. The number of ether oxygens (including phenoxy) is 1. The molecule has 18 heavy (non-hydrogen) atoms. The Morgan fingerprint density at radius 3 is 2.00 bits per heavy atom. The summed E-state index contributed by atoms with van der Waals surface area (Å²) in [6, 6.07) is 0. The van der Waals surface area contributed by atoms with E-state index in [1.807, 2.05) is 37.9 Å². The summed E-state index contributed by atoms with van der Waals surface area (Å²) in [5, 5.41) is 0. The Hall–Kier alpha value is 0.120. The van der Waals surface area contributed by atoms with Gasteiger partial charge in [-0.15, -0.1) is 0 Å². The lowest BCUT2D eigenvalue weighted by Gasteiger charge is -2.29. The molecule has 1 aliphatic rings. The topological polar surface area (TPSA) is 15.7 Å². The Morgan fingerprint density at radius 2 is 1.67 bits per heavy atom. The Balaban J connectivity index is 0. The number of allylic oxidation sites excluding steroid dienone is 1. The molecule has 0 amide bonds. The molecule has 0 aromatic carbocycles. The molecule has 3 nitrogen and oxygen atoms in total. The first-order valence-electron chi connectivity index (χ1n) is 6.66. The zero-order valence-corrected chi connectivity index (χ0v) is 14.8. The van der Waals surface area contributed by atoms with Crippen LogP contribution in [0.1, 0.15) is 34.6 Å². The van der Waals surface area contributed by atoms with Crippen molar-refractivity contribution < 1.29 is 9.13 Å². The van der Waals surface area contributed by atoms with Crippen molar-refractivity contribution in [3.05, 3.63) is 11.5 Å². The molecule has 0 radical (unpaired) electrons. The summed E-state index contributed by atoms with van der Waals surface area (Å²) < 4.78 is 20.2. The molecule has 0 aromatic rings. The molecule has 0 unspecified atom stereocenters. The highest BCUT2D eigenvalue weighted by molar-refractivity contribution is 14.1. The van der Waals surface area contributed by atoms with Crippen molar-refractivity contribution in [2.24, 2.45) is 0 Å². The molecule has 1 saturated heterocycles. The minimum atomic E-state index is -0.103. The highest BCUT2D eigenvalue weighted by atomic mass is 127. The van der Waals surface area contributed by atoms with Crippen molar-refractivity contribution in [2.75, 3.05) is 39.9 Å². The van der Waals surface area contributed by atoms with Crippen LogP contribution in [0.2, 0.25) is 0 Å². The van der Waals surface area contributed by atoms with Gasteiger partial charge in [-0.25, -0.2) is 4.39 Å². The van der Waals surface area contributed by atoms with Crippen LogP contribution < -0.4 is 0 Å². The minimum absolute atomic E-state index is 0.103. The highest BCUT2D eigenvalue weighted by Crippen LogP contribution is 2.15. The summed E-state index contributed by atoms with van der Waals surface area (Å²) in [6.45, 7) is 13.5. The number of hydrogen-bond acceptors (Lipinski definition) is 3. The van der Waals surface area contributed by atoms with E-state index < -0.39 is 0 Å². The zero-order chi connectivity index (χ0) is 14.6. The van der Waals surface area contributed by atoms with Gasteiger partial charge in [-0.1, -0.05) is 27.7 Å². The van der Waals surface area contributed by atoms with Gasteiger partial charge < -0.3 is 7.85 Å². The molecule has 0 spiro atoms. The Labute approximate surface area is 126 Å². The Kier molecular flexibility index (Phi) is 15.4. The van der Waals surface area contributed by atoms with Gasteiger partial charge in [-0.05, 0) is 6.92 Å². The molecule has 110 valence electrons. The van der Waals surface area contributed by atoms with Crippen LogP contribution in [-0.2, 0) is 4.74 Å². The van der Waals surface area contributed by atoms with Crippen LogP contribution in [-0.4, -0.2) is 47.9 Å². The fraction of sp³-hybridized carbons (Fsp3) is 0.846. The fourth-order valence-electron chi connectivity index (χ4n) is 1.39. The van der Waals surface area contributed by atoms with Crippen LogP contribution in [0.5, 0.6) is 0 Å². The molecule has 1 rings (SSSR count). The molecule has 0 saturated carbocycles. The highest BCUT2D eigenvalue weighted by Gasteiger charge is 2.15. The van der Waals surface area contributed by atoms with E-state index in [0.29, 0.717) is 6.54 Å². The van der Waals surface area contributed by atoms with Gasteiger partial charge in [0.2, 0.25) is 0 Å². The maximum Gasteiger partial charge on any atom is 0.118 e. The van der Waals surface area contributed by atoms with E-state index in [2.05, 4.69) is 27.8 Å². The normalized spacial score (nSPS) is 16.7.